The maximum atomic E-state index is 11.5. The molecule has 0 aliphatic heterocycles. The highest BCUT2D eigenvalue weighted by Crippen LogP contribution is 2.07. The van der Waals surface area contributed by atoms with Crippen molar-refractivity contribution >= 4 is 5.78 Å². The lowest BCUT2D eigenvalue weighted by atomic mass is 9.96. The summed E-state index contributed by atoms with van der Waals surface area (Å²) in [7, 11) is 1.63. The molecule has 2 N–H and O–H groups in total. The van der Waals surface area contributed by atoms with Gasteiger partial charge in [0.15, 0.2) is 5.78 Å². The number of Topliss-reactive ketones (excluding diaryl/α,β-unsaturated/α-hetero) is 1. The number of carbonyl (C=O) groups is 1. The molecule has 0 radical (unpaired) electrons. The van der Waals surface area contributed by atoms with E-state index in [1.807, 2.05) is 6.92 Å². The molecule has 2 atom stereocenters. The van der Waals surface area contributed by atoms with Crippen molar-refractivity contribution in [2.45, 2.75) is 25.8 Å². The summed E-state index contributed by atoms with van der Waals surface area (Å²) < 4.78 is 4.89. The van der Waals surface area contributed by atoms with Gasteiger partial charge in [-0.15, -0.1) is 6.58 Å². The van der Waals surface area contributed by atoms with Gasteiger partial charge in [-0.05, 0) is 12.8 Å². The van der Waals surface area contributed by atoms with Crippen LogP contribution in [0.25, 0.3) is 0 Å². The molecule has 0 aromatic heterocycles. The Kier molecular flexibility index (Phi) is 6.45. The zero-order valence-electron chi connectivity index (χ0n) is 8.45. The van der Waals surface area contributed by atoms with E-state index in [2.05, 4.69) is 6.58 Å². The van der Waals surface area contributed by atoms with Crippen LogP contribution in [-0.4, -0.2) is 25.5 Å². The zero-order valence-corrected chi connectivity index (χ0v) is 8.45. The molecular weight excluding hydrogens is 166 g/mol. The van der Waals surface area contributed by atoms with Gasteiger partial charge in [-0.1, -0.05) is 13.0 Å². The maximum absolute atomic E-state index is 11.5. The number of carbonyl (C=O) groups excluding carboxylic acids is 1. The highest BCUT2D eigenvalue weighted by molar-refractivity contribution is 5.85. The van der Waals surface area contributed by atoms with Gasteiger partial charge in [0.2, 0.25) is 0 Å². The standard InChI is InChI=1S/C10H19NO2/c1-4-5-9(11)10(12)8(2)6-7-13-3/h4,8-9H,1,5-7,11H2,2-3H3. The van der Waals surface area contributed by atoms with Gasteiger partial charge in [0, 0.05) is 19.6 Å². The van der Waals surface area contributed by atoms with Gasteiger partial charge in [0.1, 0.15) is 0 Å². The molecule has 0 aliphatic carbocycles. The van der Waals surface area contributed by atoms with E-state index in [-0.39, 0.29) is 11.7 Å². The van der Waals surface area contributed by atoms with Crippen LogP contribution in [-0.2, 0) is 9.53 Å². The zero-order chi connectivity index (χ0) is 10.3. The minimum Gasteiger partial charge on any atom is -0.385 e. The first-order valence-corrected chi connectivity index (χ1v) is 4.52. The summed E-state index contributed by atoms with van der Waals surface area (Å²) in [5.74, 6) is 0.0758. The molecule has 0 spiro atoms. The molecule has 3 heteroatoms. The Morgan fingerprint density at radius 2 is 2.31 bits per heavy atom. The summed E-state index contributed by atoms with van der Waals surface area (Å²) in [4.78, 5) is 11.5. The van der Waals surface area contributed by atoms with Crippen LogP contribution >= 0.6 is 0 Å². The lowest BCUT2D eigenvalue weighted by molar-refractivity contribution is -0.124. The summed E-state index contributed by atoms with van der Waals surface area (Å²) in [5.41, 5.74) is 5.64. The first-order chi connectivity index (χ1) is 6.13. The predicted molar refractivity (Wildman–Crippen MR) is 53.5 cm³/mol. The van der Waals surface area contributed by atoms with Crippen molar-refractivity contribution in [3.8, 4) is 0 Å². The molecule has 0 fully saturated rings. The summed E-state index contributed by atoms with van der Waals surface area (Å²) in [6, 6.07) is -0.399. The fourth-order valence-electron chi connectivity index (χ4n) is 1.10. The second kappa shape index (κ2) is 6.80. The number of nitrogens with two attached hydrogens (primary N) is 1. The molecule has 0 heterocycles. The number of ether oxygens (including phenoxy) is 1. The van der Waals surface area contributed by atoms with Crippen molar-refractivity contribution in [2.24, 2.45) is 11.7 Å². The van der Waals surface area contributed by atoms with Gasteiger partial charge in [0.05, 0.1) is 6.04 Å². The highest BCUT2D eigenvalue weighted by atomic mass is 16.5. The summed E-state index contributed by atoms with van der Waals surface area (Å²) >= 11 is 0. The molecule has 13 heavy (non-hydrogen) atoms. The lowest BCUT2D eigenvalue weighted by Crippen LogP contribution is -2.34. The average Bonchev–Trinajstić information content (AvgIpc) is 2.13. The van der Waals surface area contributed by atoms with Crippen molar-refractivity contribution in [3.05, 3.63) is 12.7 Å². The van der Waals surface area contributed by atoms with E-state index in [1.54, 1.807) is 13.2 Å². The molecule has 0 aliphatic rings. The first-order valence-electron chi connectivity index (χ1n) is 4.52. The van der Waals surface area contributed by atoms with Crippen molar-refractivity contribution in [1.82, 2.24) is 0 Å². The van der Waals surface area contributed by atoms with E-state index in [0.29, 0.717) is 13.0 Å². The minimum absolute atomic E-state index is 0.0186. The van der Waals surface area contributed by atoms with Gasteiger partial charge < -0.3 is 10.5 Å². The quantitative estimate of drug-likeness (QED) is 0.605. The molecule has 0 saturated heterocycles. The Balaban J connectivity index is 3.86. The minimum atomic E-state index is -0.399. The molecule has 0 aromatic carbocycles. The Labute approximate surface area is 79.9 Å². The van der Waals surface area contributed by atoms with Crippen LogP contribution in [0.2, 0.25) is 0 Å². The Morgan fingerprint density at radius 1 is 1.69 bits per heavy atom. The van der Waals surface area contributed by atoms with Crippen molar-refractivity contribution in [3.63, 3.8) is 0 Å². The Hall–Kier alpha value is -0.670. The Morgan fingerprint density at radius 3 is 2.77 bits per heavy atom. The third-order valence-corrected chi connectivity index (χ3v) is 2.03. The molecule has 0 rings (SSSR count). The van der Waals surface area contributed by atoms with E-state index in [4.69, 9.17) is 10.5 Å². The average molecular weight is 185 g/mol. The first kappa shape index (κ1) is 12.3. The van der Waals surface area contributed by atoms with Crippen molar-refractivity contribution < 1.29 is 9.53 Å². The number of hydrogen-bond acceptors (Lipinski definition) is 3. The third-order valence-electron chi connectivity index (χ3n) is 2.03. The molecule has 0 saturated carbocycles. The van der Waals surface area contributed by atoms with Crippen LogP contribution in [0.3, 0.4) is 0 Å². The molecule has 2 unspecified atom stereocenters. The van der Waals surface area contributed by atoms with Crippen LogP contribution in [0, 0.1) is 5.92 Å². The largest absolute Gasteiger partial charge is 0.385 e. The van der Waals surface area contributed by atoms with E-state index < -0.39 is 6.04 Å². The van der Waals surface area contributed by atoms with Gasteiger partial charge in [-0.25, -0.2) is 0 Å². The molecule has 0 aromatic rings. The number of ketones is 1. The van der Waals surface area contributed by atoms with Gasteiger partial charge in [0.25, 0.3) is 0 Å². The molecule has 76 valence electrons. The Bertz CT molecular complexity index is 168. The molecule has 3 nitrogen and oxygen atoms in total. The van der Waals surface area contributed by atoms with Crippen molar-refractivity contribution in [2.75, 3.05) is 13.7 Å². The summed E-state index contributed by atoms with van der Waals surface area (Å²) in [6.07, 6.45) is 2.96. The second-order valence-corrected chi connectivity index (χ2v) is 3.22. The normalized spacial score (nSPS) is 15.0. The second-order valence-electron chi connectivity index (χ2n) is 3.22. The number of methoxy groups -OCH3 is 1. The van der Waals surface area contributed by atoms with Crippen LogP contribution in [0.4, 0.5) is 0 Å². The smallest absolute Gasteiger partial charge is 0.152 e. The predicted octanol–water partition coefficient (Wildman–Crippen LogP) is 1.13. The number of rotatable bonds is 7. The highest BCUT2D eigenvalue weighted by Gasteiger charge is 2.18. The van der Waals surface area contributed by atoms with Gasteiger partial charge >= 0.3 is 0 Å². The SMILES string of the molecule is C=CCC(N)C(=O)C(C)CCOC. The van der Waals surface area contributed by atoms with Crippen LogP contribution in [0.5, 0.6) is 0 Å². The van der Waals surface area contributed by atoms with Crippen LogP contribution in [0.1, 0.15) is 19.8 Å². The fraction of sp³-hybridized carbons (Fsp3) is 0.700. The number of hydrogen-bond donors (Lipinski definition) is 1. The lowest BCUT2D eigenvalue weighted by Gasteiger charge is -2.14. The topological polar surface area (TPSA) is 52.3 Å². The van der Waals surface area contributed by atoms with Crippen LogP contribution < -0.4 is 5.73 Å². The van der Waals surface area contributed by atoms with E-state index in [1.165, 1.54) is 0 Å². The molecular formula is C10H19NO2. The van der Waals surface area contributed by atoms with Gasteiger partial charge in [-0.3, -0.25) is 4.79 Å². The van der Waals surface area contributed by atoms with E-state index in [0.717, 1.165) is 6.42 Å². The monoisotopic (exact) mass is 185 g/mol. The molecule has 0 bridgehead atoms. The van der Waals surface area contributed by atoms with E-state index in [9.17, 15) is 4.79 Å². The summed E-state index contributed by atoms with van der Waals surface area (Å²) in [5, 5.41) is 0. The van der Waals surface area contributed by atoms with Crippen molar-refractivity contribution in [1.29, 1.82) is 0 Å². The molecule has 0 amide bonds. The van der Waals surface area contributed by atoms with Gasteiger partial charge in [-0.2, -0.15) is 0 Å². The third kappa shape index (κ3) is 4.80. The fourth-order valence-corrected chi connectivity index (χ4v) is 1.10. The van der Waals surface area contributed by atoms with Crippen LogP contribution in [0.15, 0.2) is 12.7 Å². The van der Waals surface area contributed by atoms with E-state index >= 15 is 0 Å². The summed E-state index contributed by atoms with van der Waals surface area (Å²) in [6.45, 7) is 6.03. The maximum Gasteiger partial charge on any atom is 0.152 e.